The fourth-order valence-electron chi connectivity index (χ4n) is 2.61. The van der Waals surface area contributed by atoms with Crippen molar-refractivity contribution in [2.45, 2.75) is 5.92 Å². The second kappa shape index (κ2) is 8.27. The van der Waals surface area contributed by atoms with E-state index in [2.05, 4.69) is 52.2 Å². The average molecular weight is 441 g/mol. The van der Waals surface area contributed by atoms with Crippen LogP contribution in [0.5, 0.6) is 0 Å². The third kappa shape index (κ3) is 3.80. The maximum atomic E-state index is 3.39. The second-order valence-electron chi connectivity index (χ2n) is 5.19. The van der Waals surface area contributed by atoms with Gasteiger partial charge in [0.15, 0.2) is 0 Å². The normalized spacial score (nSPS) is 18.0. The highest BCUT2D eigenvalue weighted by atomic mass is 32.3. The molecule has 2 nitrogen and oxygen atoms in total. The minimum Gasteiger partial charge on any atom is -0.364 e. The van der Waals surface area contributed by atoms with Crippen molar-refractivity contribution in [1.29, 1.82) is 0 Å². The van der Waals surface area contributed by atoms with Crippen LogP contribution in [0.2, 0.25) is 0 Å². The lowest BCUT2D eigenvalue weighted by atomic mass is 10.0. The summed E-state index contributed by atoms with van der Waals surface area (Å²) < 4.78 is 5.69. The molecule has 2 N–H and O–H groups in total. The van der Waals surface area contributed by atoms with Crippen LogP contribution in [-0.4, -0.2) is 22.5 Å². The molecule has 0 atom stereocenters. The van der Waals surface area contributed by atoms with E-state index in [1.54, 1.807) is 0 Å². The average Bonchev–Trinajstić information content (AvgIpc) is 3.41. The van der Waals surface area contributed by atoms with Crippen molar-refractivity contribution in [1.82, 2.24) is 9.97 Å². The third-order valence-electron chi connectivity index (χ3n) is 3.72. The first kappa shape index (κ1) is 18.3. The third-order valence-corrected chi connectivity index (χ3v) is 11.9. The Morgan fingerprint density at radius 1 is 0.840 bits per heavy atom. The maximum absolute atomic E-state index is 3.39. The van der Waals surface area contributed by atoms with Crippen LogP contribution in [0.1, 0.15) is 17.3 Å². The Kier molecular flexibility index (Phi) is 6.04. The van der Waals surface area contributed by atoms with Gasteiger partial charge >= 0.3 is 0 Å². The molecular weight excluding hydrogens is 425 g/mol. The van der Waals surface area contributed by atoms with Gasteiger partial charge in [-0.3, -0.25) is 0 Å². The monoisotopic (exact) mass is 440 g/mol. The molecule has 2 aliphatic heterocycles. The molecule has 8 heteroatoms. The number of nitrogens with one attached hydrogen (secondary N) is 2. The van der Waals surface area contributed by atoms with E-state index in [9.17, 15) is 0 Å². The molecule has 25 heavy (non-hydrogen) atoms. The van der Waals surface area contributed by atoms with Crippen LogP contribution in [0.25, 0.3) is 0 Å². The topological polar surface area (TPSA) is 31.6 Å². The molecule has 0 aromatic carbocycles. The molecule has 4 rings (SSSR count). The van der Waals surface area contributed by atoms with E-state index < -0.39 is 0 Å². The van der Waals surface area contributed by atoms with Gasteiger partial charge in [-0.15, -0.1) is 23.5 Å². The molecule has 0 fully saturated rings. The summed E-state index contributed by atoms with van der Waals surface area (Å²) in [6.45, 7) is 0. The van der Waals surface area contributed by atoms with Gasteiger partial charge in [0, 0.05) is 28.7 Å². The predicted molar refractivity (Wildman–Crippen MR) is 123 cm³/mol. The van der Waals surface area contributed by atoms with Crippen LogP contribution in [0, 0.1) is 0 Å². The first-order chi connectivity index (χ1) is 12.3. The molecule has 2 aliphatic rings. The van der Waals surface area contributed by atoms with Crippen molar-refractivity contribution in [2.24, 2.45) is 0 Å². The van der Waals surface area contributed by atoms with Crippen molar-refractivity contribution < 1.29 is 0 Å². The van der Waals surface area contributed by atoms with Gasteiger partial charge in [0.2, 0.25) is 0 Å². The van der Waals surface area contributed by atoms with Crippen LogP contribution in [0.4, 0.5) is 0 Å². The van der Waals surface area contributed by atoms with Crippen molar-refractivity contribution in [3.63, 3.8) is 0 Å². The highest BCUT2D eigenvalue weighted by molar-refractivity contribution is 8.42. The Hall–Kier alpha value is -0.120. The van der Waals surface area contributed by atoms with Crippen molar-refractivity contribution in [3.05, 3.63) is 75.3 Å². The van der Waals surface area contributed by atoms with E-state index >= 15 is 0 Å². The van der Waals surface area contributed by atoms with Crippen LogP contribution in [0.15, 0.2) is 63.9 Å². The molecule has 0 saturated heterocycles. The van der Waals surface area contributed by atoms with Gasteiger partial charge in [0.1, 0.15) is 0 Å². The van der Waals surface area contributed by atoms with E-state index in [0.29, 0.717) is 0 Å². The van der Waals surface area contributed by atoms with Gasteiger partial charge in [-0.1, -0.05) is 47.0 Å². The van der Waals surface area contributed by atoms with Gasteiger partial charge in [0.05, 0.1) is 22.9 Å². The van der Waals surface area contributed by atoms with E-state index in [-0.39, 0.29) is 5.92 Å². The van der Waals surface area contributed by atoms with E-state index in [1.807, 2.05) is 83.0 Å². The maximum Gasteiger partial charge on any atom is 0.0717 e. The summed E-state index contributed by atoms with van der Waals surface area (Å²) in [5, 5.41) is 2.32. The van der Waals surface area contributed by atoms with Gasteiger partial charge in [0.25, 0.3) is 0 Å². The molecule has 0 bridgehead atoms. The van der Waals surface area contributed by atoms with Crippen molar-refractivity contribution in [3.8, 4) is 0 Å². The first-order valence-electron chi connectivity index (χ1n) is 7.53. The second-order valence-corrected chi connectivity index (χ2v) is 11.9. The van der Waals surface area contributed by atoms with Gasteiger partial charge in [-0.2, -0.15) is 0 Å². The Morgan fingerprint density at radius 3 is 1.92 bits per heavy atom. The fraction of sp³-hybridized carbons (Fsp3) is 0.176. The molecule has 0 spiro atoms. The van der Waals surface area contributed by atoms with Crippen LogP contribution < -0.4 is 0 Å². The van der Waals surface area contributed by atoms with Crippen LogP contribution in [-0.2, 0) is 0 Å². The Labute approximate surface area is 173 Å². The molecular formula is C17H16N2S6. The van der Waals surface area contributed by atoms with Crippen LogP contribution >= 0.6 is 70.6 Å². The molecule has 2 aromatic rings. The molecule has 4 heterocycles. The Morgan fingerprint density at radius 2 is 1.44 bits per heavy atom. The van der Waals surface area contributed by atoms with Crippen molar-refractivity contribution in [2.75, 3.05) is 12.5 Å². The van der Waals surface area contributed by atoms with Crippen molar-refractivity contribution >= 4 is 70.6 Å². The molecule has 0 unspecified atom stereocenters. The zero-order chi connectivity index (χ0) is 17.2. The summed E-state index contributed by atoms with van der Waals surface area (Å²) in [7, 11) is 0. The Balaban J connectivity index is 1.58. The molecule has 0 radical (unpaired) electrons. The van der Waals surface area contributed by atoms with Crippen LogP contribution in [0.3, 0.4) is 0 Å². The SMILES string of the molecule is CSC1=C(SC)SC(=C2SC=C(C(c3ccc[nH]3)c3ccc[nH]3)S2)S1. The Bertz CT molecular complexity index is 780. The zero-order valence-corrected chi connectivity index (χ0v) is 18.5. The summed E-state index contributed by atoms with van der Waals surface area (Å²) in [4.78, 5) is 8.17. The highest BCUT2D eigenvalue weighted by Gasteiger charge is 2.30. The molecule has 0 saturated carbocycles. The molecule has 0 amide bonds. The standard InChI is InChI=1S/C17H16N2S6/c1-20-14-15(21-2)25-17(24-14)16-22-9-12(23-16)13(10-5-3-7-18-10)11-6-4-8-19-11/h3-9,13,18-19H,1-2H3. The number of rotatable bonds is 5. The van der Waals surface area contributed by atoms with Gasteiger partial charge in [-0.25, -0.2) is 0 Å². The number of aromatic nitrogens is 2. The molecule has 0 aliphatic carbocycles. The first-order valence-corrected chi connectivity index (χ1v) is 13.3. The lowest BCUT2D eigenvalue weighted by Gasteiger charge is -2.15. The molecule has 2 aromatic heterocycles. The lowest BCUT2D eigenvalue weighted by Crippen LogP contribution is -2.02. The smallest absolute Gasteiger partial charge is 0.0717 e. The summed E-state index contributed by atoms with van der Waals surface area (Å²) in [5.74, 6) is 0.241. The summed E-state index contributed by atoms with van der Waals surface area (Å²) in [6.07, 6.45) is 8.33. The number of hydrogen-bond donors (Lipinski definition) is 2. The molecule has 130 valence electrons. The summed E-state index contributed by atoms with van der Waals surface area (Å²) in [6, 6.07) is 8.47. The van der Waals surface area contributed by atoms with E-state index in [1.165, 1.54) is 33.2 Å². The largest absolute Gasteiger partial charge is 0.364 e. The number of allylic oxidation sites excluding steroid dienone is 1. The zero-order valence-electron chi connectivity index (χ0n) is 13.6. The van der Waals surface area contributed by atoms with Gasteiger partial charge in [-0.05, 0) is 42.2 Å². The number of H-pyrrole nitrogens is 2. The highest BCUT2D eigenvalue weighted by Crippen LogP contribution is 2.63. The summed E-state index contributed by atoms with van der Waals surface area (Å²) in [5.41, 5.74) is 2.46. The number of aromatic amines is 2. The fourth-order valence-corrected chi connectivity index (χ4v) is 10.4. The minimum atomic E-state index is 0.241. The van der Waals surface area contributed by atoms with E-state index in [4.69, 9.17) is 0 Å². The quantitative estimate of drug-likeness (QED) is 0.509. The number of hydrogen-bond acceptors (Lipinski definition) is 6. The van der Waals surface area contributed by atoms with Gasteiger partial charge < -0.3 is 9.97 Å². The lowest BCUT2D eigenvalue weighted by molar-refractivity contribution is 0.922. The minimum absolute atomic E-state index is 0.241. The summed E-state index contributed by atoms with van der Waals surface area (Å²) >= 11 is 11.3. The number of thioether (sulfide) groups is 6. The predicted octanol–water partition coefficient (Wildman–Crippen LogP) is 7.26. The van der Waals surface area contributed by atoms with E-state index in [0.717, 1.165) is 0 Å².